The largest absolute Gasteiger partial charge is 0.497 e. The van der Waals surface area contributed by atoms with E-state index in [4.69, 9.17) is 9.47 Å². The molecule has 0 amide bonds. The Morgan fingerprint density at radius 2 is 1.69 bits per heavy atom. The Hall–Kier alpha value is -3.47. The van der Waals surface area contributed by atoms with Crippen molar-refractivity contribution < 1.29 is 14.3 Å². The average Bonchev–Trinajstić information content (AvgIpc) is 2.72. The fraction of sp³-hybridized carbons (Fsp3) is 0.0952. The Bertz CT molecular complexity index is 1120. The van der Waals surface area contributed by atoms with Crippen LogP contribution < -0.4 is 4.74 Å². The normalized spacial score (nSPS) is 10.8. The molecule has 0 aliphatic carbocycles. The summed E-state index contributed by atoms with van der Waals surface area (Å²) < 4.78 is 10.2. The van der Waals surface area contributed by atoms with E-state index in [1.807, 2.05) is 54.6 Å². The van der Waals surface area contributed by atoms with E-state index in [9.17, 15) is 4.79 Å². The average molecular weight is 344 g/mol. The summed E-state index contributed by atoms with van der Waals surface area (Å²) in [5, 5.41) is 2.56. The first-order chi connectivity index (χ1) is 12.7. The predicted molar refractivity (Wildman–Crippen MR) is 100 cm³/mol. The number of esters is 1. The minimum absolute atomic E-state index is 0.264. The van der Waals surface area contributed by atoms with Crippen LogP contribution in [-0.2, 0) is 4.74 Å². The summed E-state index contributed by atoms with van der Waals surface area (Å²) in [6, 6.07) is 17.2. The Kier molecular flexibility index (Phi) is 3.97. The van der Waals surface area contributed by atoms with Gasteiger partial charge >= 0.3 is 5.97 Å². The van der Waals surface area contributed by atoms with E-state index in [0.717, 1.165) is 27.6 Å². The highest BCUT2D eigenvalue weighted by atomic mass is 16.5. The van der Waals surface area contributed by atoms with Gasteiger partial charge in [-0.2, -0.15) is 0 Å². The summed E-state index contributed by atoms with van der Waals surface area (Å²) in [6.45, 7) is 0. The lowest BCUT2D eigenvalue weighted by Gasteiger charge is -2.12. The molecule has 0 fully saturated rings. The number of hydrogen-bond acceptors (Lipinski definition) is 5. The zero-order chi connectivity index (χ0) is 18.1. The van der Waals surface area contributed by atoms with Crippen molar-refractivity contribution in [3.8, 4) is 17.0 Å². The van der Waals surface area contributed by atoms with Gasteiger partial charge in [0.2, 0.25) is 0 Å². The molecule has 0 saturated carbocycles. The number of para-hydroxylation sites is 1. The Balaban J connectivity index is 2.10. The van der Waals surface area contributed by atoms with Crippen LogP contribution in [0.4, 0.5) is 0 Å². The molecule has 2 heterocycles. The van der Waals surface area contributed by atoms with E-state index in [1.54, 1.807) is 13.3 Å². The molecule has 0 aliphatic heterocycles. The van der Waals surface area contributed by atoms with Crippen LogP contribution in [0.25, 0.3) is 32.9 Å². The lowest BCUT2D eigenvalue weighted by atomic mass is 9.99. The van der Waals surface area contributed by atoms with Crippen LogP contribution >= 0.6 is 0 Å². The fourth-order valence-corrected chi connectivity index (χ4v) is 3.11. The quantitative estimate of drug-likeness (QED) is 0.411. The molecule has 2 aromatic heterocycles. The molecule has 0 N–H and O–H groups in total. The summed E-state index contributed by atoms with van der Waals surface area (Å²) in [6.07, 6.45) is 1.75. The fourth-order valence-electron chi connectivity index (χ4n) is 3.11. The van der Waals surface area contributed by atoms with Crippen LogP contribution in [0.1, 0.15) is 10.5 Å². The second-order valence-corrected chi connectivity index (χ2v) is 5.78. The topological polar surface area (TPSA) is 61.3 Å². The van der Waals surface area contributed by atoms with Crippen LogP contribution in [0, 0.1) is 0 Å². The van der Waals surface area contributed by atoms with Crippen LogP contribution in [0.3, 0.4) is 0 Å². The molecule has 128 valence electrons. The number of benzene rings is 2. The van der Waals surface area contributed by atoms with Gasteiger partial charge in [-0.05, 0) is 41.8 Å². The number of fused-ring (bicyclic) bond motifs is 3. The number of rotatable bonds is 3. The molecule has 0 spiro atoms. The van der Waals surface area contributed by atoms with Crippen LogP contribution in [0.2, 0.25) is 0 Å². The molecule has 2 aromatic carbocycles. The number of methoxy groups -OCH3 is 2. The molecule has 0 saturated heterocycles. The van der Waals surface area contributed by atoms with Gasteiger partial charge in [0.25, 0.3) is 0 Å². The number of aromatic nitrogens is 2. The summed E-state index contributed by atoms with van der Waals surface area (Å²) in [5.74, 6) is 0.272. The maximum Gasteiger partial charge on any atom is 0.357 e. The minimum atomic E-state index is -0.483. The van der Waals surface area contributed by atoms with Gasteiger partial charge in [0.1, 0.15) is 5.75 Å². The van der Waals surface area contributed by atoms with E-state index in [1.165, 1.54) is 7.11 Å². The Morgan fingerprint density at radius 1 is 0.923 bits per heavy atom. The number of carbonyl (C=O) groups excluding carboxylic acids is 1. The molecule has 26 heavy (non-hydrogen) atoms. The summed E-state index contributed by atoms with van der Waals surface area (Å²) in [7, 11) is 2.98. The minimum Gasteiger partial charge on any atom is -0.497 e. The van der Waals surface area contributed by atoms with Crippen molar-refractivity contribution in [3.63, 3.8) is 0 Å². The van der Waals surface area contributed by atoms with Crippen molar-refractivity contribution in [2.45, 2.75) is 0 Å². The third kappa shape index (κ3) is 2.54. The molecule has 0 atom stereocenters. The first kappa shape index (κ1) is 16.0. The SMILES string of the molecule is COC(=O)c1nc2ccccc2c2ccnc(-c3ccc(OC)cc3)c12. The van der Waals surface area contributed by atoms with Crippen molar-refractivity contribution in [2.75, 3.05) is 14.2 Å². The standard InChI is InChI=1S/C21H16N2O3/c1-25-14-9-7-13(8-10-14)19-18-16(11-12-22-19)15-5-3-4-6-17(15)23-20(18)21(24)26-2/h3-12H,1-2H3. The summed E-state index contributed by atoms with van der Waals surface area (Å²) in [5.41, 5.74) is 2.56. The highest BCUT2D eigenvalue weighted by Gasteiger charge is 2.19. The molecule has 4 aromatic rings. The second kappa shape index (κ2) is 6.44. The lowest BCUT2D eigenvalue weighted by Crippen LogP contribution is -2.07. The highest BCUT2D eigenvalue weighted by Crippen LogP contribution is 2.33. The van der Waals surface area contributed by atoms with Crippen molar-refractivity contribution in [1.29, 1.82) is 0 Å². The van der Waals surface area contributed by atoms with Gasteiger partial charge in [-0.1, -0.05) is 18.2 Å². The summed E-state index contributed by atoms with van der Waals surface area (Å²) in [4.78, 5) is 21.5. The molecule has 4 rings (SSSR count). The van der Waals surface area contributed by atoms with Gasteiger partial charge in [-0.25, -0.2) is 9.78 Å². The number of ether oxygens (including phenoxy) is 2. The lowest BCUT2D eigenvalue weighted by molar-refractivity contribution is 0.0597. The third-order valence-electron chi connectivity index (χ3n) is 4.36. The van der Waals surface area contributed by atoms with Crippen molar-refractivity contribution in [1.82, 2.24) is 9.97 Å². The van der Waals surface area contributed by atoms with Crippen molar-refractivity contribution in [3.05, 3.63) is 66.5 Å². The molecule has 0 unspecified atom stereocenters. The highest BCUT2D eigenvalue weighted by molar-refractivity contribution is 6.17. The molecule has 5 nitrogen and oxygen atoms in total. The van der Waals surface area contributed by atoms with Gasteiger partial charge in [-0.15, -0.1) is 0 Å². The van der Waals surface area contributed by atoms with E-state index >= 15 is 0 Å². The molecular weight excluding hydrogens is 328 g/mol. The smallest absolute Gasteiger partial charge is 0.357 e. The van der Waals surface area contributed by atoms with Gasteiger partial charge in [-0.3, -0.25) is 4.98 Å². The van der Waals surface area contributed by atoms with E-state index in [0.29, 0.717) is 11.1 Å². The maximum absolute atomic E-state index is 12.4. The van der Waals surface area contributed by atoms with Gasteiger partial charge in [0.15, 0.2) is 5.69 Å². The second-order valence-electron chi connectivity index (χ2n) is 5.78. The number of hydrogen-bond donors (Lipinski definition) is 0. The molecule has 0 bridgehead atoms. The molecule has 0 aliphatic rings. The van der Waals surface area contributed by atoms with Gasteiger partial charge < -0.3 is 9.47 Å². The van der Waals surface area contributed by atoms with Gasteiger partial charge in [0.05, 0.1) is 25.4 Å². The summed E-state index contributed by atoms with van der Waals surface area (Å²) >= 11 is 0. The van der Waals surface area contributed by atoms with Crippen LogP contribution in [0.15, 0.2) is 60.8 Å². The van der Waals surface area contributed by atoms with E-state index in [-0.39, 0.29) is 5.69 Å². The van der Waals surface area contributed by atoms with Crippen LogP contribution in [0.5, 0.6) is 5.75 Å². The van der Waals surface area contributed by atoms with Gasteiger partial charge in [0, 0.05) is 22.5 Å². The van der Waals surface area contributed by atoms with E-state index in [2.05, 4.69) is 9.97 Å². The predicted octanol–water partition coefficient (Wildman–Crippen LogP) is 4.25. The first-order valence-electron chi connectivity index (χ1n) is 8.13. The Labute approximate surface area is 150 Å². The zero-order valence-electron chi connectivity index (χ0n) is 14.4. The number of pyridine rings is 2. The van der Waals surface area contributed by atoms with E-state index < -0.39 is 5.97 Å². The zero-order valence-corrected chi connectivity index (χ0v) is 14.4. The third-order valence-corrected chi connectivity index (χ3v) is 4.36. The Morgan fingerprint density at radius 3 is 2.42 bits per heavy atom. The van der Waals surface area contributed by atoms with Crippen LogP contribution in [-0.4, -0.2) is 30.2 Å². The van der Waals surface area contributed by atoms with Crippen molar-refractivity contribution in [2.24, 2.45) is 0 Å². The number of carbonyl (C=O) groups is 1. The molecule has 0 radical (unpaired) electrons. The molecular formula is C21H16N2O3. The van der Waals surface area contributed by atoms with Crippen molar-refractivity contribution >= 4 is 27.6 Å². The number of nitrogens with zero attached hydrogens (tertiary/aromatic N) is 2. The first-order valence-corrected chi connectivity index (χ1v) is 8.13. The maximum atomic E-state index is 12.4. The molecule has 5 heteroatoms. The monoisotopic (exact) mass is 344 g/mol.